The van der Waals surface area contributed by atoms with Gasteiger partial charge in [-0.25, -0.2) is 0 Å². The minimum atomic E-state index is -1.54. The second kappa shape index (κ2) is 41.7. The highest BCUT2D eigenvalue weighted by molar-refractivity contribution is 5.69. The van der Waals surface area contributed by atoms with Gasteiger partial charge in [-0.15, -0.1) is 0 Å². The molecular formula is C50H92O9. The molecule has 1 aliphatic heterocycles. The molecule has 0 aromatic carbocycles. The van der Waals surface area contributed by atoms with E-state index in [1.165, 1.54) is 122 Å². The van der Waals surface area contributed by atoms with E-state index in [9.17, 15) is 25.2 Å². The lowest BCUT2D eigenvalue weighted by molar-refractivity contribution is -0.305. The summed E-state index contributed by atoms with van der Waals surface area (Å²) in [5.74, 6) is -0.328. The van der Waals surface area contributed by atoms with Gasteiger partial charge in [0.05, 0.1) is 19.8 Å². The smallest absolute Gasteiger partial charge is 0.306 e. The topological polar surface area (TPSA) is 135 Å². The summed E-state index contributed by atoms with van der Waals surface area (Å²) in [5, 5.41) is 40.2. The van der Waals surface area contributed by atoms with Gasteiger partial charge in [-0.1, -0.05) is 198 Å². The van der Waals surface area contributed by atoms with Crippen molar-refractivity contribution >= 4 is 5.97 Å². The lowest BCUT2D eigenvalue weighted by Crippen LogP contribution is -2.59. The van der Waals surface area contributed by atoms with Crippen molar-refractivity contribution in [3.63, 3.8) is 0 Å². The molecule has 0 spiro atoms. The highest BCUT2D eigenvalue weighted by Crippen LogP contribution is 2.23. The third-order valence-corrected chi connectivity index (χ3v) is 11.3. The van der Waals surface area contributed by atoms with Crippen molar-refractivity contribution in [1.29, 1.82) is 0 Å². The summed E-state index contributed by atoms with van der Waals surface area (Å²) in [6, 6.07) is 0. The number of allylic oxidation sites excluding steroid dienone is 6. The van der Waals surface area contributed by atoms with E-state index >= 15 is 0 Å². The van der Waals surface area contributed by atoms with Crippen LogP contribution in [-0.4, -0.2) is 89.6 Å². The molecule has 59 heavy (non-hydrogen) atoms. The number of carbonyl (C=O) groups is 1. The monoisotopic (exact) mass is 837 g/mol. The molecule has 6 unspecified atom stereocenters. The quantitative estimate of drug-likeness (QED) is 0.0269. The Morgan fingerprint density at radius 2 is 1.03 bits per heavy atom. The van der Waals surface area contributed by atoms with E-state index in [0.717, 1.165) is 70.6 Å². The number of aliphatic hydroxyl groups is 4. The van der Waals surface area contributed by atoms with Crippen LogP contribution in [0.5, 0.6) is 0 Å². The van der Waals surface area contributed by atoms with Gasteiger partial charge in [0.1, 0.15) is 30.5 Å². The van der Waals surface area contributed by atoms with Gasteiger partial charge in [0.2, 0.25) is 0 Å². The van der Waals surface area contributed by atoms with Gasteiger partial charge in [-0.3, -0.25) is 4.79 Å². The van der Waals surface area contributed by atoms with E-state index in [1.807, 2.05) is 0 Å². The first-order chi connectivity index (χ1) is 28.9. The zero-order chi connectivity index (χ0) is 42.9. The Morgan fingerprint density at radius 3 is 1.56 bits per heavy atom. The van der Waals surface area contributed by atoms with Crippen LogP contribution in [0, 0.1) is 0 Å². The average molecular weight is 837 g/mol. The summed E-state index contributed by atoms with van der Waals surface area (Å²) in [4.78, 5) is 12.8. The van der Waals surface area contributed by atoms with Gasteiger partial charge >= 0.3 is 5.97 Å². The molecule has 0 radical (unpaired) electrons. The van der Waals surface area contributed by atoms with Crippen LogP contribution >= 0.6 is 0 Å². The summed E-state index contributed by atoms with van der Waals surface area (Å²) in [6.07, 6.45) is 43.2. The predicted molar refractivity (Wildman–Crippen MR) is 242 cm³/mol. The molecule has 0 aromatic rings. The molecule has 346 valence electrons. The molecule has 6 atom stereocenters. The fourth-order valence-electron chi connectivity index (χ4n) is 7.51. The number of carbonyl (C=O) groups excluding carboxylic acids is 1. The molecular weight excluding hydrogens is 745 g/mol. The Bertz CT molecular complexity index is 999. The molecule has 0 aliphatic carbocycles. The molecule has 1 heterocycles. The second-order valence-corrected chi connectivity index (χ2v) is 16.9. The third kappa shape index (κ3) is 32.7. The van der Waals surface area contributed by atoms with Gasteiger partial charge in [-0.2, -0.15) is 0 Å². The van der Waals surface area contributed by atoms with Crippen LogP contribution in [-0.2, 0) is 23.7 Å². The van der Waals surface area contributed by atoms with Gasteiger partial charge in [0, 0.05) is 13.0 Å². The largest absolute Gasteiger partial charge is 0.457 e. The summed E-state index contributed by atoms with van der Waals surface area (Å²) in [6.45, 7) is 4.46. The van der Waals surface area contributed by atoms with Crippen molar-refractivity contribution < 1.29 is 44.2 Å². The third-order valence-electron chi connectivity index (χ3n) is 11.3. The Morgan fingerprint density at radius 1 is 0.559 bits per heavy atom. The predicted octanol–water partition coefficient (Wildman–Crippen LogP) is 11.5. The SMILES string of the molecule is CC/C=C\C/C=C\C/C=C\CCCCCCCC(=O)OC(COCCCCCCCCCCCCCCCCCCCCCCC)COC1OC(CO)C(O)C(O)C1O. The lowest BCUT2D eigenvalue weighted by Gasteiger charge is -2.39. The lowest BCUT2D eigenvalue weighted by atomic mass is 9.99. The fraction of sp³-hybridized carbons (Fsp3) is 0.860. The number of hydrogen-bond donors (Lipinski definition) is 4. The maximum absolute atomic E-state index is 12.8. The first-order valence-corrected chi connectivity index (χ1v) is 24.6. The Kier molecular flexibility index (Phi) is 39.2. The van der Waals surface area contributed by atoms with Crippen LogP contribution in [0.1, 0.15) is 213 Å². The van der Waals surface area contributed by atoms with E-state index in [4.69, 9.17) is 18.9 Å². The molecule has 1 aliphatic rings. The minimum Gasteiger partial charge on any atom is -0.457 e. The molecule has 1 rings (SSSR count). The summed E-state index contributed by atoms with van der Waals surface area (Å²) >= 11 is 0. The summed E-state index contributed by atoms with van der Waals surface area (Å²) < 4.78 is 22.9. The van der Waals surface area contributed by atoms with Crippen LogP contribution in [0.2, 0.25) is 0 Å². The number of ether oxygens (including phenoxy) is 4. The van der Waals surface area contributed by atoms with Crippen LogP contribution in [0.15, 0.2) is 36.5 Å². The number of rotatable bonds is 42. The standard InChI is InChI=1S/C50H92O9/c1-3-5-7-9-11-13-15-17-19-20-21-22-23-24-26-28-30-32-34-36-38-40-56-42-44(43-57-50-49(55)48(54)47(53)45(41-51)59-50)58-46(52)39-37-35-33-31-29-27-25-18-16-14-12-10-8-6-4-2/h6,8,12,14,18,25,44-45,47-51,53-55H,3-5,7,9-11,13,15-17,19-24,26-43H2,1-2H3/b8-6-,14-12-,25-18-. The van der Waals surface area contributed by atoms with E-state index in [0.29, 0.717) is 13.0 Å². The first-order valence-electron chi connectivity index (χ1n) is 24.6. The van der Waals surface area contributed by atoms with Crippen molar-refractivity contribution in [1.82, 2.24) is 0 Å². The number of aliphatic hydroxyl groups excluding tert-OH is 4. The molecule has 0 aromatic heterocycles. The highest BCUT2D eigenvalue weighted by atomic mass is 16.7. The zero-order valence-corrected chi connectivity index (χ0v) is 38.0. The minimum absolute atomic E-state index is 0.118. The van der Waals surface area contributed by atoms with E-state index in [2.05, 4.69) is 50.3 Å². The molecule has 0 amide bonds. The average Bonchev–Trinajstić information content (AvgIpc) is 3.24. The van der Waals surface area contributed by atoms with E-state index in [1.54, 1.807) is 0 Å². The van der Waals surface area contributed by atoms with Gasteiger partial charge < -0.3 is 39.4 Å². The maximum atomic E-state index is 12.8. The molecule has 1 fully saturated rings. The normalized spacial score (nSPS) is 20.4. The van der Waals surface area contributed by atoms with Crippen molar-refractivity contribution in [2.45, 2.75) is 250 Å². The highest BCUT2D eigenvalue weighted by Gasteiger charge is 2.44. The van der Waals surface area contributed by atoms with Crippen LogP contribution in [0.4, 0.5) is 0 Å². The molecule has 0 bridgehead atoms. The molecule has 9 nitrogen and oxygen atoms in total. The van der Waals surface area contributed by atoms with Crippen molar-refractivity contribution in [2.24, 2.45) is 0 Å². The van der Waals surface area contributed by atoms with Crippen LogP contribution in [0.25, 0.3) is 0 Å². The van der Waals surface area contributed by atoms with Gasteiger partial charge in [-0.05, 0) is 44.9 Å². The van der Waals surface area contributed by atoms with Crippen molar-refractivity contribution in [3.8, 4) is 0 Å². The molecule has 9 heteroatoms. The number of esters is 1. The summed E-state index contributed by atoms with van der Waals surface area (Å²) in [5.41, 5.74) is 0. The molecule has 4 N–H and O–H groups in total. The van der Waals surface area contributed by atoms with Crippen molar-refractivity contribution in [2.75, 3.05) is 26.4 Å². The summed E-state index contributed by atoms with van der Waals surface area (Å²) in [7, 11) is 0. The zero-order valence-electron chi connectivity index (χ0n) is 38.0. The Labute approximate surface area is 361 Å². The maximum Gasteiger partial charge on any atom is 0.306 e. The molecule has 0 saturated carbocycles. The van der Waals surface area contributed by atoms with Crippen LogP contribution < -0.4 is 0 Å². The van der Waals surface area contributed by atoms with Gasteiger partial charge in [0.25, 0.3) is 0 Å². The Balaban J connectivity index is 2.20. The van der Waals surface area contributed by atoms with E-state index < -0.39 is 43.4 Å². The van der Waals surface area contributed by atoms with Gasteiger partial charge in [0.15, 0.2) is 6.29 Å². The fourth-order valence-corrected chi connectivity index (χ4v) is 7.51. The van der Waals surface area contributed by atoms with Crippen LogP contribution in [0.3, 0.4) is 0 Å². The number of unbranched alkanes of at least 4 members (excludes halogenated alkanes) is 25. The number of hydrogen-bond acceptors (Lipinski definition) is 9. The second-order valence-electron chi connectivity index (χ2n) is 16.9. The molecule has 1 saturated heterocycles. The van der Waals surface area contributed by atoms with Crippen molar-refractivity contribution in [3.05, 3.63) is 36.5 Å². The van der Waals surface area contributed by atoms with E-state index in [-0.39, 0.29) is 19.2 Å². The Hall–Kier alpha value is -1.59. The first kappa shape index (κ1) is 55.4.